The van der Waals surface area contributed by atoms with Crippen LogP contribution in [0.2, 0.25) is 0 Å². The first-order chi connectivity index (χ1) is 10.0. The minimum atomic E-state index is -0.200. The molecule has 1 N–H and O–H groups in total. The van der Waals surface area contributed by atoms with Crippen molar-refractivity contribution in [3.05, 3.63) is 65.5 Å². The normalized spacial score (nSPS) is 12.4. The van der Waals surface area contributed by atoms with E-state index in [4.69, 9.17) is 4.74 Å². The van der Waals surface area contributed by atoms with E-state index in [1.165, 1.54) is 6.07 Å². The first kappa shape index (κ1) is 15.5. The van der Waals surface area contributed by atoms with E-state index in [0.29, 0.717) is 6.54 Å². The molecule has 0 heterocycles. The highest BCUT2D eigenvalue weighted by Gasteiger charge is 2.06. The molecule has 0 radical (unpaired) electrons. The molecule has 0 unspecified atom stereocenters. The molecule has 0 aromatic heterocycles. The molecule has 0 saturated carbocycles. The minimum absolute atomic E-state index is 0.0929. The number of ether oxygens (including phenoxy) is 1. The van der Waals surface area contributed by atoms with Crippen molar-refractivity contribution in [2.45, 2.75) is 39.5 Å². The number of hydrogen-bond acceptors (Lipinski definition) is 2. The summed E-state index contributed by atoms with van der Waals surface area (Å²) in [5, 5.41) is 3.40. The van der Waals surface area contributed by atoms with Crippen LogP contribution in [0, 0.1) is 5.82 Å². The van der Waals surface area contributed by atoms with Crippen LogP contribution < -0.4 is 10.1 Å². The van der Waals surface area contributed by atoms with Gasteiger partial charge in [-0.25, -0.2) is 4.39 Å². The molecule has 0 amide bonds. The van der Waals surface area contributed by atoms with Crippen molar-refractivity contribution in [2.24, 2.45) is 0 Å². The van der Waals surface area contributed by atoms with Crippen molar-refractivity contribution >= 4 is 0 Å². The molecule has 1 atom stereocenters. The second-order valence-corrected chi connectivity index (χ2v) is 5.47. The maximum absolute atomic E-state index is 13.2. The van der Waals surface area contributed by atoms with E-state index in [-0.39, 0.29) is 18.0 Å². The summed E-state index contributed by atoms with van der Waals surface area (Å²) in [5.74, 6) is 0.677. The maximum Gasteiger partial charge on any atom is 0.123 e. The zero-order valence-electron chi connectivity index (χ0n) is 12.8. The summed E-state index contributed by atoms with van der Waals surface area (Å²) in [5.41, 5.74) is 2.10. The molecule has 0 aliphatic rings. The quantitative estimate of drug-likeness (QED) is 0.846. The lowest BCUT2D eigenvalue weighted by molar-refractivity contribution is 0.242. The molecule has 21 heavy (non-hydrogen) atoms. The Kier molecular flexibility index (Phi) is 5.34. The Hall–Kier alpha value is -1.87. The summed E-state index contributed by atoms with van der Waals surface area (Å²) in [4.78, 5) is 0. The third-order valence-corrected chi connectivity index (χ3v) is 3.23. The first-order valence-corrected chi connectivity index (χ1v) is 7.29. The summed E-state index contributed by atoms with van der Waals surface area (Å²) in [6.45, 7) is 6.77. The Balaban J connectivity index is 1.96. The van der Waals surface area contributed by atoms with Gasteiger partial charge in [-0.2, -0.15) is 0 Å². The van der Waals surface area contributed by atoms with Crippen LogP contribution in [0.1, 0.15) is 37.9 Å². The summed E-state index contributed by atoms with van der Waals surface area (Å²) >= 11 is 0. The van der Waals surface area contributed by atoms with Gasteiger partial charge >= 0.3 is 0 Å². The average molecular weight is 287 g/mol. The highest BCUT2D eigenvalue weighted by atomic mass is 19.1. The third kappa shape index (κ3) is 4.87. The standard InChI is InChI=1S/C18H22FNO/c1-13(2)21-18-9-4-6-15(10-18)12-20-14(3)16-7-5-8-17(19)11-16/h4-11,13-14,20H,12H2,1-3H3/t14-/m1/s1. The molecule has 2 aromatic rings. The molecular formula is C18H22FNO. The van der Waals surface area contributed by atoms with Crippen molar-refractivity contribution in [1.82, 2.24) is 5.32 Å². The van der Waals surface area contributed by atoms with Gasteiger partial charge in [0.25, 0.3) is 0 Å². The van der Waals surface area contributed by atoms with Crippen molar-refractivity contribution in [3.63, 3.8) is 0 Å². The van der Waals surface area contributed by atoms with Crippen LogP contribution in [-0.2, 0) is 6.54 Å². The van der Waals surface area contributed by atoms with E-state index in [9.17, 15) is 4.39 Å². The van der Waals surface area contributed by atoms with Crippen LogP contribution in [0.4, 0.5) is 4.39 Å². The smallest absolute Gasteiger partial charge is 0.123 e. The van der Waals surface area contributed by atoms with E-state index < -0.39 is 0 Å². The fourth-order valence-electron chi connectivity index (χ4n) is 2.17. The molecule has 0 bridgehead atoms. The topological polar surface area (TPSA) is 21.3 Å². The van der Waals surface area contributed by atoms with Crippen molar-refractivity contribution < 1.29 is 9.13 Å². The number of nitrogens with one attached hydrogen (secondary N) is 1. The molecule has 0 fully saturated rings. The van der Waals surface area contributed by atoms with Crippen LogP contribution >= 0.6 is 0 Å². The Morgan fingerprint density at radius 1 is 1.05 bits per heavy atom. The van der Waals surface area contributed by atoms with E-state index in [1.807, 2.05) is 45.0 Å². The largest absolute Gasteiger partial charge is 0.491 e. The third-order valence-electron chi connectivity index (χ3n) is 3.23. The highest BCUT2D eigenvalue weighted by Crippen LogP contribution is 2.17. The molecule has 0 spiro atoms. The number of rotatable bonds is 6. The molecule has 112 valence electrons. The summed E-state index contributed by atoms with van der Waals surface area (Å²) < 4.78 is 18.9. The van der Waals surface area contributed by atoms with Crippen LogP contribution in [0.5, 0.6) is 5.75 Å². The van der Waals surface area contributed by atoms with E-state index >= 15 is 0 Å². The predicted octanol–water partition coefficient (Wildman–Crippen LogP) is 4.46. The fraction of sp³-hybridized carbons (Fsp3) is 0.333. The van der Waals surface area contributed by atoms with Gasteiger partial charge in [0.15, 0.2) is 0 Å². The summed E-state index contributed by atoms with van der Waals surface area (Å²) in [6.07, 6.45) is 0.166. The van der Waals surface area contributed by atoms with Gasteiger partial charge in [0.05, 0.1) is 6.10 Å². The van der Waals surface area contributed by atoms with Gasteiger partial charge in [0.1, 0.15) is 11.6 Å². The van der Waals surface area contributed by atoms with Gasteiger partial charge in [-0.05, 0) is 56.2 Å². The molecule has 0 saturated heterocycles. The van der Waals surface area contributed by atoms with Gasteiger partial charge in [0.2, 0.25) is 0 Å². The minimum Gasteiger partial charge on any atom is -0.491 e. The van der Waals surface area contributed by atoms with Crippen LogP contribution in [0.15, 0.2) is 48.5 Å². The van der Waals surface area contributed by atoms with Crippen molar-refractivity contribution in [1.29, 1.82) is 0 Å². The van der Waals surface area contributed by atoms with Crippen molar-refractivity contribution in [2.75, 3.05) is 0 Å². The number of hydrogen-bond donors (Lipinski definition) is 1. The highest BCUT2D eigenvalue weighted by molar-refractivity contribution is 5.29. The lowest BCUT2D eigenvalue weighted by Crippen LogP contribution is -2.18. The van der Waals surface area contributed by atoms with Gasteiger partial charge in [-0.15, -0.1) is 0 Å². The Labute approximate surface area is 126 Å². The van der Waals surface area contributed by atoms with E-state index in [2.05, 4.69) is 11.4 Å². The number of benzene rings is 2. The van der Waals surface area contributed by atoms with E-state index in [0.717, 1.165) is 16.9 Å². The molecular weight excluding hydrogens is 265 g/mol. The zero-order chi connectivity index (χ0) is 15.2. The lowest BCUT2D eigenvalue weighted by atomic mass is 10.1. The molecule has 0 aliphatic heterocycles. The maximum atomic E-state index is 13.2. The zero-order valence-corrected chi connectivity index (χ0v) is 12.8. The molecule has 0 aliphatic carbocycles. The van der Waals surface area contributed by atoms with Gasteiger partial charge < -0.3 is 10.1 Å². The summed E-state index contributed by atoms with van der Waals surface area (Å²) in [6, 6.07) is 14.8. The predicted molar refractivity (Wildman–Crippen MR) is 83.9 cm³/mol. The Bertz CT molecular complexity index is 583. The molecule has 3 heteroatoms. The van der Waals surface area contributed by atoms with Gasteiger partial charge in [0, 0.05) is 12.6 Å². The Morgan fingerprint density at radius 3 is 2.52 bits per heavy atom. The second kappa shape index (κ2) is 7.23. The molecule has 2 aromatic carbocycles. The average Bonchev–Trinajstić information content (AvgIpc) is 2.44. The van der Waals surface area contributed by atoms with Crippen LogP contribution in [0.3, 0.4) is 0 Å². The summed E-state index contributed by atoms with van der Waals surface area (Å²) in [7, 11) is 0. The monoisotopic (exact) mass is 287 g/mol. The molecule has 2 rings (SSSR count). The SMILES string of the molecule is CC(C)Oc1cccc(CN[C@H](C)c2cccc(F)c2)c1. The van der Waals surface area contributed by atoms with Gasteiger partial charge in [-0.1, -0.05) is 24.3 Å². The number of halogens is 1. The Morgan fingerprint density at radius 2 is 1.81 bits per heavy atom. The van der Waals surface area contributed by atoms with Crippen molar-refractivity contribution in [3.8, 4) is 5.75 Å². The molecule has 2 nitrogen and oxygen atoms in total. The van der Waals surface area contributed by atoms with Crippen LogP contribution in [-0.4, -0.2) is 6.10 Å². The van der Waals surface area contributed by atoms with Crippen LogP contribution in [0.25, 0.3) is 0 Å². The van der Waals surface area contributed by atoms with Gasteiger partial charge in [-0.3, -0.25) is 0 Å². The fourth-order valence-corrected chi connectivity index (χ4v) is 2.17. The first-order valence-electron chi connectivity index (χ1n) is 7.29. The second-order valence-electron chi connectivity index (χ2n) is 5.47. The van der Waals surface area contributed by atoms with E-state index in [1.54, 1.807) is 12.1 Å². The lowest BCUT2D eigenvalue weighted by Gasteiger charge is -2.15.